The van der Waals surface area contributed by atoms with E-state index >= 15 is 0 Å². The Kier molecular flexibility index (Phi) is 5.70. The number of rotatable bonds is 1. The molecule has 0 nitrogen and oxygen atoms in total. The van der Waals surface area contributed by atoms with Crippen molar-refractivity contribution in [1.29, 1.82) is 0 Å². The highest BCUT2D eigenvalue weighted by Crippen LogP contribution is 2.11. The summed E-state index contributed by atoms with van der Waals surface area (Å²) in [6, 6.07) is 17.5. The number of aryl methyl sites for hydroxylation is 2. The smallest absolute Gasteiger partial charge is 0.127 e. The summed E-state index contributed by atoms with van der Waals surface area (Å²) in [5.41, 5.74) is 4.22. The second kappa shape index (κ2) is 8.35. The topological polar surface area (TPSA) is 0 Å². The van der Waals surface area contributed by atoms with E-state index in [0.717, 1.165) is 11.1 Å². The lowest BCUT2D eigenvalue weighted by molar-refractivity contribution is 0.612. The van der Waals surface area contributed by atoms with Crippen molar-refractivity contribution in [3.8, 4) is 23.7 Å². The maximum atomic E-state index is 13.8. The van der Waals surface area contributed by atoms with Gasteiger partial charge in [-0.15, -0.1) is 0 Å². The van der Waals surface area contributed by atoms with Gasteiger partial charge in [0.1, 0.15) is 11.6 Å². The van der Waals surface area contributed by atoms with Crippen LogP contribution in [0, 0.1) is 42.2 Å². The maximum absolute atomic E-state index is 13.8. The van der Waals surface area contributed by atoms with Crippen molar-refractivity contribution in [2.45, 2.75) is 20.3 Å². The zero-order valence-corrected chi connectivity index (χ0v) is 15.2. The molecule has 3 aromatic rings. The zero-order valence-electron chi connectivity index (χ0n) is 15.2. The molecule has 0 aliphatic rings. The highest BCUT2D eigenvalue weighted by molar-refractivity contribution is 5.48. The Morgan fingerprint density at radius 3 is 1.56 bits per heavy atom. The predicted octanol–water partition coefficient (Wildman–Crippen LogP) is 5.64. The minimum absolute atomic E-state index is 0.220. The molecule has 0 saturated carbocycles. The van der Waals surface area contributed by atoms with Crippen molar-refractivity contribution < 1.29 is 8.78 Å². The molecule has 3 rings (SSSR count). The SMILES string of the molecule is CCc1ccc(C#Cc2ccc(C#Cc3ccc(C)c(F)c3)cc2)cc1F. The molecule has 0 unspecified atom stereocenters. The summed E-state index contributed by atoms with van der Waals surface area (Å²) in [5.74, 6) is 11.5. The minimum Gasteiger partial charge on any atom is -0.207 e. The van der Waals surface area contributed by atoms with Gasteiger partial charge in [0.15, 0.2) is 0 Å². The molecule has 3 aromatic carbocycles. The third-order valence-corrected chi connectivity index (χ3v) is 4.19. The van der Waals surface area contributed by atoms with Crippen LogP contribution in [0.2, 0.25) is 0 Å². The molecule has 0 fully saturated rings. The monoisotopic (exact) mass is 356 g/mol. The number of benzene rings is 3. The summed E-state index contributed by atoms with van der Waals surface area (Å²) >= 11 is 0. The molecule has 0 aliphatic carbocycles. The van der Waals surface area contributed by atoms with Gasteiger partial charge in [0.2, 0.25) is 0 Å². The average molecular weight is 356 g/mol. The number of hydrogen-bond acceptors (Lipinski definition) is 0. The molecule has 27 heavy (non-hydrogen) atoms. The molecular formula is C25H18F2. The molecule has 0 saturated heterocycles. The van der Waals surface area contributed by atoms with Gasteiger partial charge < -0.3 is 0 Å². The van der Waals surface area contributed by atoms with Gasteiger partial charge >= 0.3 is 0 Å². The fourth-order valence-corrected chi connectivity index (χ4v) is 2.51. The molecule has 132 valence electrons. The van der Waals surface area contributed by atoms with Crippen molar-refractivity contribution in [2.24, 2.45) is 0 Å². The van der Waals surface area contributed by atoms with Crippen molar-refractivity contribution in [3.05, 3.63) is 106 Å². The predicted molar refractivity (Wildman–Crippen MR) is 105 cm³/mol. The van der Waals surface area contributed by atoms with E-state index in [1.807, 2.05) is 37.3 Å². The number of hydrogen-bond donors (Lipinski definition) is 0. The van der Waals surface area contributed by atoms with E-state index in [-0.39, 0.29) is 11.6 Å². The van der Waals surface area contributed by atoms with E-state index < -0.39 is 0 Å². The van der Waals surface area contributed by atoms with Crippen LogP contribution in [-0.2, 0) is 6.42 Å². The van der Waals surface area contributed by atoms with Crippen LogP contribution in [0.1, 0.15) is 40.3 Å². The molecule has 2 heteroatoms. The third kappa shape index (κ3) is 4.84. The van der Waals surface area contributed by atoms with Crippen LogP contribution in [0.3, 0.4) is 0 Å². The highest BCUT2D eigenvalue weighted by Gasteiger charge is 2.00. The van der Waals surface area contributed by atoms with Crippen LogP contribution in [-0.4, -0.2) is 0 Å². The van der Waals surface area contributed by atoms with E-state index in [0.29, 0.717) is 28.7 Å². The minimum atomic E-state index is -0.254. The maximum Gasteiger partial charge on any atom is 0.127 e. The van der Waals surface area contributed by atoms with Crippen LogP contribution >= 0.6 is 0 Å². The third-order valence-electron chi connectivity index (χ3n) is 4.19. The largest absolute Gasteiger partial charge is 0.207 e. The Morgan fingerprint density at radius 1 is 0.630 bits per heavy atom. The zero-order chi connectivity index (χ0) is 19.2. The second-order valence-corrected chi connectivity index (χ2v) is 6.20. The fourth-order valence-electron chi connectivity index (χ4n) is 2.51. The molecule has 0 radical (unpaired) electrons. The molecule has 0 aromatic heterocycles. The first-order chi connectivity index (χ1) is 13.0. The Bertz CT molecular complexity index is 1090. The summed E-state index contributed by atoms with van der Waals surface area (Å²) in [7, 11) is 0. The van der Waals surface area contributed by atoms with E-state index in [9.17, 15) is 8.78 Å². The standard InChI is InChI=1S/C25H18F2/c1-3-23-15-14-22(17-25(23)27)13-11-20-8-6-19(7-9-20)10-12-21-5-4-18(2)24(26)16-21/h4-9,14-17H,3H2,1-2H3. The molecule has 0 N–H and O–H groups in total. The lowest BCUT2D eigenvalue weighted by atomic mass is 10.1. The van der Waals surface area contributed by atoms with Gasteiger partial charge in [0.05, 0.1) is 0 Å². The molecular weight excluding hydrogens is 338 g/mol. The van der Waals surface area contributed by atoms with Crippen molar-refractivity contribution in [1.82, 2.24) is 0 Å². The molecule has 0 heterocycles. The van der Waals surface area contributed by atoms with Crippen LogP contribution in [0.4, 0.5) is 8.78 Å². The van der Waals surface area contributed by atoms with Gasteiger partial charge in [0, 0.05) is 22.3 Å². The normalized spacial score (nSPS) is 9.78. The van der Waals surface area contributed by atoms with Gasteiger partial charge in [-0.25, -0.2) is 8.78 Å². The Labute approximate surface area is 158 Å². The first kappa shape index (κ1) is 18.4. The Morgan fingerprint density at radius 2 is 1.07 bits per heavy atom. The summed E-state index contributed by atoms with van der Waals surface area (Å²) in [6.45, 7) is 3.64. The first-order valence-electron chi connectivity index (χ1n) is 8.74. The van der Waals surface area contributed by atoms with E-state index in [2.05, 4.69) is 23.7 Å². The molecule has 0 amide bonds. The summed E-state index contributed by atoms with van der Waals surface area (Å²) in [4.78, 5) is 0. The van der Waals surface area contributed by atoms with Gasteiger partial charge in [-0.05, 0) is 73.0 Å². The van der Waals surface area contributed by atoms with Crippen molar-refractivity contribution >= 4 is 0 Å². The summed E-state index contributed by atoms with van der Waals surface area (Å²) < 4.78 is 27.3. The Balaban J connectivity index is 1.74. The highest BCUT2D eigenvalue weighted by atomic mass is 19.1. The lowest BCUT2D eigenvalue weighted by Gasteiger charge is -1.99. The van der Waals surface area contributed by atoms with E-state index in [1.54, 1.807) is 25.1 Å². The van der Waals surface area contributed by atoms with Crippen LogP contribution < -0.4 is 0 Å². The van der Waals surface area contributed by atoms with Crippen molar-refractivity contribution in [2.75, 3.05) is 0 Å². The van der Waals surface area contributed by atoms with E-state index in [4.69, 9.17) is 0 Å². The molecule has 0 spiro atoms. The average Bonchev–Trinajstić information content (AvgIpc) is 2.68. The molecule has 0 aliphatic heterocycles. The van der Waals surface area contributed by atoms with Crippen LogP contribution in [0.15, 0.2) is 60.7 Å². The van der Waals surface area contributed by atoms with Gasteiger partial charge in [-0.1, -0.05) is 42.7 Å². The van der Waals surface area contributed by atoms with Gasteiger partial charge in [-0.3, -0.25) is 0 Å². The Hall–Kier alpha value is -3.36. The quantitative estimate of drug-likeness (QED) is 0.495. The van der Waals surface area contributed by atoms with Gasteiger partial charge in [0.25, 0.3) is 0 Å². The summed E-state index contributed by atoms with van der Waals surface area (Å²) in [6.07, 6.45) is 0.664. The summed E-state index contributed by atoms with van der Waals surface area (Å²) in [5, 5.41) is 0. The van der Waals surface area contributed by atoms with Crippen LogP contribution in [0.5, 0.6) is 0 Å². The second-order valence-electron chi connectivity index (χ2n) is 6.20. The molecule has 0 bridgehead atoms. The fraction of sp³-hybridized carbons (Fsp3) is 0.120. The first-order valence-corrected chi connectivity index (χ1v) is 8.74. The molecule has 0 atom stereocenters. The van der Waals surface area contributed by atoms with Gasteiger partial charge in [-0.2, -0.15) is 0 Å². The lowest BCUT2D eigenvalue weighted by Crippen LogP contribution is -1.88. The van der Waals surface area contributed by atoms with E-state index in [1.165, 1.54) is 12.1 Å². The van der Waals surface area contributed by atoms with Crippen molar-refractivity contribution in [3.63, 3.8) is 0 Å². The van der Waals surface area contributed by atoms with Crippen LogP contribution in [0.25, 0.3) is 0 Å². The number of halogens is 2.